The Balaban J connectivity index is 1.47. The fourth-order valence-electron chi connectivity index (χ4n) is 2.89. The molecule has 23 heavy (non-hydrogen) atoms. The number of phenolic OH excluding ortho intramolecular Hbond substituents is 1. The molecule has 0 amide bonds. The van der Waals surface area contributed by atoms with Crippen molar-refractivity contribution in [1.29, 1.82) is 0 Å². The molecule has 4 heteroatoms. The molecule has 0 saturated carbocycles. The average molecular weight is 329 g/mol. The van der Waals surface area contributed by atoms with Crippen molar-refractivity contribution in [2.75, 3.05) is 20.2 Å². The normalized spacial score (nSPS) is 16.4. The number of phenols is 1. The van der Waals surface area contributed by atoms with E-state index in [-0.39, 0.29) is 0 Å². The van der Waals surface area contributed by atoms with Gasteiger partial charge in [0.25, 0.3) is 0 Å². The molecule has 1 saturated heterocycles. The summed E-state index contributed by atoms with van der Waals surface area (Å²) in [6.45, 7) is 3.30. The summed E-state index contributed by atoms with van der Waals surface area (Å²) in [6, 6.07) is 15.9. The molecule has 1 aliphatic rings. The number of hydrogen-bond acceptors (Lipinski definition) is 4. The van der Waals surface area contributed by atoms with Gasteiger partial charge >= 0.3 is 0 Å². The van der Waals surface area contributed by atoms with Gasteiger partial charge in [-0.15, -0.1) is 11.8 Å². The minimum absolute atomic E-state index is 0.337. The molecule has 1 aliphatic heterocycles. The number of rotatable bonds is 5. The fraction of sp³-hybridized carbons (Fsp3) is 0.368. The van der Waals surface area contributed by atoms with E-state index < -0.39 is 0 Å². The van der Waals surface area contributed by atoms with Gasteiger partial charge in [-0.2, -0.15) is 0 Å². The molecule has 1 fully saturated rings. The Morgan fingerprint density at radius 2 is 1.70 bits per heavy atom. The molecule has 0 aliphatic carbocycles. The number of piperidine rings is 1. The molecular formula is C19H23NO2S. The first-order valence-electron chi connectivity index (χ1n) is 8.04. The summed E-state index contributed by atoms with van der Waals surface area (Å²) in [5.74, 6) is 1.25. The summed E-state index contributed by atoms with van der Waals surface area (Å²) in [6.07, 6.45) is 2.42. The Morgan fingerprint density at radius 1 is 1.04 bits per heavy atom. The molecule has 0 spiro atoms. The van der Waals surface area contributed by atoms with E-state index in [9.17, 15) is 5.11 Å². The Morgan fingerprint density at radius 3 is 2.30 bits per heavy atom. The van der Waals surface area contributed by atoms with E-state index in [2.05, 4.69) is 17.0 Å². The molecule has 0 atom stereocenters. The van der Waals surface area contributed by atoms with Crippen LogP contribution < -0.4 is 4.74 Å². The standard InChI is InChI=1S/C19H23NO2S/c1-22-17-6-2-15(3-7-17)14-20-12-10-19(11-13-20)23-18-8-4-16(21)5-9-18/h2-9,19,21H,10-14H2,1H3. The minimum atomic E-state index is 0.337. The van der Waals surface area contributed by atoms with E-state index in [1.54, 1.807) is 19.2 Å². The Labute approximate surface area is 142 Å². The molecule has 2 aromatic carbocycles. The molecule has 0 aromatic heterocycles. The topological polar surface area (TPSA) is 32.7 Å². The van der Waals surface area contributed by atoms with Crippen molar-refractivity contribution >= 4 is 11.8 Å². The van der Waals surface area contributed by atoms with Gasteiger partial charge in [0.1, 0.15) is 11.5 Å². The number of methoxy groups -OCH3 is 1. The van der Waals surface area contributed by atoms with Gasteiger partial charge in [-0.05, 0) is 67.9 Å². The molecule has 122 valence electrons. The van der Waals surface area contributed by atoms with Crippen LogP contribution in [-0.4, -0.2) is 35.5 Å². The van der Waals surface area contributed by atoms with Crippen LogP contribution in [0.4, 0.5) is 0 Å². The summed E-state index contributed by atoms with van der Waals surface area (Å²) in [4.78, 5) is 3.77. The van der Waals surface area contributed by atoms with E-state index in [0.29, 0.717) is 11.0 Å². The first-order chi connectivity index (χ1) is 11.2. The van der Waals surface area contributed by atoms with Crippen molar-refractivity contribution in [3.63, 3.8) is 0 Å². The Hall–Kier alpha value is -1.65. The quantitative estimate of drug-likeness (QED) is 0.893. The first kappa shape index (κ1) is 16.2. The monoisotopic (exact) mass is 329 g/mol. The average Bonchev–Trinajstić information content (AvgIpc) is 2.59. The van der Waals surface area contributed by atoms with Gasteiger partial charge in [0, 0.05) is 16.7 Å². The molecule has 0 radical (unpaired) electrons. The van der Waals surface area contributed by atoms with Crippen LogP contribution >= 0.6 is 11.8 Å². The molecular weight excluding hydrogens is 306 g/mol. The van der Waals surface area contributed by atoms with Gasteiger partial charge in [-0.25, -0.2) is 0 Å². The highest BCUT2D eigenvalue weighted by molar-refractivity contribution is 8.00. The van der Waals surface area contributed by atoms with Gasteiger partial charge in [0.15, 0.2) is 0 Å². The van der Waals surface area contributed by atoms with E-state index in [1.807, 2.05) is 36.0 Å². The highest BCUT2D eigenvalue weighted by atomic mass is 32.2. The van der Waals surface area contributed by atoms with Crippen LogP contribution in [-0.2, 0) is 6.54 Å². The van der Waals surface area contributed by atoms with Crippen molar-refractivity contribution in [3.8, 4) is 11.5 Å². The lowest BCUT2D eigenvalue weighted by Gasteiger charge is -2.31. The molecule has 2 aromatic rings. The maximum absolute atomic E-state index is 9.35. The third kappa shape index (κ3) is 4.66. The van der Waals surface area contributed by atoms with Gasteiger partial charge in [0.2, 0.25) is 0 Å². The number of ether oxygens (including phenoxy) is 1. The molecule has 3 nitrogen and oxygen atoms in total. The molecule has 1 heterocycles. The van der Waals surface area contributed by atoms with Gasteiger partial charge in [-0.3, -0.25) is 4.90 Å². The summed E-state index contributed by atoms with van der Waals surface area (Å²) >= 11 is 1.93. The zero-order chi connectivity index (χ0) is 16.1. The highest BCUT2D eigenvalue weighted by Crippen LogP contribution is 2.31. The second-order valence-corrected chi connectivity index (χ2v) is 7.31. The predicted octanol–water partition coefficient (Wildman–Crippen LogP) is 4.16. The van der Waals surface area contributed by atoms with Crippen molar-refractivity contribution in [3.05, 3.63) is 54.1 Å². The van der Waals surface area contributed by atoms with Crippen LogP contribution in [0.5, 0.6) is 11.5 Å². The highest BCUT2D eigenvalue weighted by Gasteiger charge is 2.20. The third-order valence-corrected chi connectivity index (χ3v) is 5.59. The van der Waals surface area contributed by atoms with Crippen LogP contribution in [0.1, 0.15) is 18.4 Å². The lowest BCUT2D eigenvalue weighted by Crippen LogP contribution is -2.34. The summed E-state index contributed by atoms with van der Waals surface area (Å²) in [7, 11) is 1.70. The van der Waals surface area contributed by atoms with Crippen molar-refractivity contribution in [2.24, 2.45) is 0 Å². The number of aromatic hydroxyl groups is 1. The number of benzene rings is 2. The Kier molecular flexibility index (Phi) is 5.47. The lowest BCUT2D eigenvalue weighted by molar-refractivity contribution is 0.225. The zero-order valence-electron chi connectivity index (χ0n) is 13.4. The van der Waals surface area contributed by atoms with Crippen LogP contribution in [0.15, 0.2) is 53.4 Å². The molecule has 1 N–H and O–H groups in total. The SMILES string of the molecule is COc1ccc(CN2CCC(Sc3ccc(O)cc3)CC2)cc1. The van der Waals surface area contributed by atoms with E-state index in [1.165, 1.54) is 23.3 Å². The lowest BCUT2D eigenvalue weighted by atomic mass is 10.1. The number of nitrogens with zero attached hydrogens (tertiary/aromatic N) is 1. The summed E-state index contributed by atoms with van der Waals surface area (Å²) < 4.78 is 5.21. The van der Waals surface area contributed by atoms with Crippen LogP contribution in [0, 0.1) is 0 Å². The van der Waals surface area contributed by atoms with Crippen LogP contribution in [0.3, 0.4) is 0 Å². The zero-order valence-corrected chi connectivity index (χ0v) is 14.3. The number of hydrogen-bond donors (Lipinski definition) is 1. The van der Waals surface area contributed by atoms with Crippen molar-refractivity contribution < 1.29 is 9.84 Å². The molecule has 0 unspecified atom stereocenters. The van der Waals surface area contributed by atoms with Crippen molar-refractivity contribution in [2.45, 2.75) is 29.5 Å². The molecule has 0 bridgehead atoms. The van der Waals surface area contributed by atoms with E-state index in [4.69, 9.17) is 4.74 Å². The van der Waals surface area contributed by atoms with Gasteiger partial charge < -0.3 is 9.84 Å². The van der Waals surface area contributed by atoms with Crippen LogP contribution in [0.2, 0.25) is 0 Å². The predicted molar refractivity (Wildman–Crippen MR) is 95.3 cm³/mol. The second-order valence-electron chi connectivity index (χ2n) is 5.94. The number of likely N-dealkylation sites (tertiary alicyclic amines) is 1. The van der Waals surface area contributed by atoms with Crippen molar-refractivity contribution in [1.82, 2.24) is 4.90 Å². The number of thioether (sulfide) groups is 1. The summed E-state index contributed by atoms with van der Waals surface area (Å²) in [5, 5.41) is 10.0. The van der Waals surface area contributed by atoms with E-state index >= 15 is 0 Å². The van der Waals surface area contributed by atoms with Gasteiger partial charge in [-0.1, -0.05) is 12.1 Å². The second kappa shape index (κ2) is 7.75. The fourth-order valence-corrected chi connectivity index (χ4v) is 4.02. The largest absolute Gasteiger partial charge is 0.508 e. The third-order valence-electron chi connectivity index (χ3n) is 4.24. The molecule has 3 rings (SSSR count). The summed E-state index contributed by atoms with van der Waals surface area (Å²) in [5.41, 5.74) is 1.34. The van der Waals surface area contributed by atoms with Crippen LogP contribution in [0.25, 0.3) is 0 Å². The van der Waals surface area contributed by atoms with Gasteiger partial charge in [0.05, 0.1) is 7.11 Å². The minimum Gasteiger partial charge on any atom is -0.508 e. The maximum atomic E-state index is 9.35. The smallest absolute Gasteiger partial charge is 0.118 e. The Bertz CT molecular complexity index is 604. The first-order valence-corrected chi connectivity index (χ1v) is 8.92. The maximum Gasteiger partial charge on any atom is 0.118 e. The van der Waals surface area contributed by atoms with E-state index in [0.717, 1.165) is 25.4 Å².